The molecule has 0 atom stereocenters. The summed E-state index contributed by atoms with van der Waals surface area (Å²) in [6.45, 7) is 3.07. The third-order valence-electron chi connectivity index (χ3n) is 3.77. The molecule has 7 heteroatoms. The summed E-state index contributed by atoms with van der Waals surface area (Å²) in [5.74, 6) is -0.0534. The van der Waals surface area contributed by atoms with E-state index in [4.69, 9.17) is 4.74 Å². The molecule has 0 aliphatic carbocycles. The van der Waals surface area contributed by atoms with E-state index in [1.54, 1.807) is 29.2 Å². The van der Waals surface area contributed by atoms with Crippen LogP contribution in [0.3, 0.4) is 0 Å². The number of carbonyl (C=O) groups is 1. The van der Waals surface area contributed by atoms with E-state index in [0.29, 0.717) is 25.9 Å². The average Bonchev–Trinajstić information content (AvgIpc) is 2.48. The van der Waals surface area contributed by atoms with Crippen LogP contribution in [0, 0.1) is 6.92 Å². The number of sulfonamides is 1. The van der Waals surface area contributed by atoms with E-state index in [-0.39, 0.29) is 23.5 Å². The van der Waals surface area contributed by atoms with Gasteiger partial charge in [-0.05, 0) is 31.9 Å². The zero-order valence-electron chi connectivity index (χ0n) is 12.9. The number of benzene rings is 1. The molecule has 6 nitrogen and oxygen atoms in total. The summed E-state index contributed by atoms with van der Waals surface area (Å²) in [6, 6.07) is 6.63. The molecule has 22 heavy (non-hydrogen) atoms. The van der Waals surface area contributed by atoms with E-state index in [1.807, 2.05) is 6.92 Å². The van der Waals surface area contributed by atoms with Crippen LogP contribution in [0.25, 0.3) is 0 Å². The van der Waals surface area contributed by atoms with Crippen molar-refractivity contribution in [1.82, 2.24) is 9.62 Å². The van der Waals surface area contributed by atoms with Crippen LogP contribution >= 0.6 is 0 Å². The Bertz CT molecular complexity index is 605. The number of nitrogens with zero attached hydrogens (tertiary/aromatic N) is 1. The Morgan fingerprint density at radius 2 is 1.86 bits per heavy atom. The Hall–Kier alpha value is -1.44. The van der Waals surface area contributed by atoms with E-state index in [1.165, 1.54) is 7.11 Å². The van der Waals surface area contributed by atoms with Crippen molar-refractivity contribution in [2.45, 2.75) is 30.7 Å². The average molecular weight is 326 g/mol. The summed E-state index contributed by atoms with van der Waals surface area (Å²) < 4.78 is 32.2. The van der Waals surface area contributed by atoms with E-state index in [9.17, 15) is 13.2 Å². The first-order valence-corrected chi connectivity index (χ1v) is 8.76. The first-order valence-electron chi connectivity index (χ1n) is 7.28. The Kier molecular flexibility index (Phi) is 5.55. The lowest BCUT2D eigenvalue weighted by molar-refractivity contribution is -0.136. The highest BCUT2D eigenvalue weighted by atomic mass is 32.2. The van der Waals surface area contributed by atoms with Crippen molar-refractivity contribution in [3.63, 3.8) is 0 Å². The molecule has 1 N–H and O–H groups in total. The van der Waals surface area contributed by atoms with Crippen molar-refractivity contribution >= 4 is 15.9 Å². The van der Waals surface area contributed by atoms with Gasteiger partial charge in [0.1, 0.15) is 6.61 Å². The summed E-state index contributed by atoms with van der Waals surface area (Å²) in [5.41, 5.74) is 1.02. The highest BCUT2D eigenvalue weighted by Crippen LogP contribution is 2.15. The molecule has 0 radical (unpaired) electrons. The maximum atomic E-state index is 12.3. The number of amides is 1. The first-order chi connectivity index (χ1) is 10.4. The molecule has 1 fully saturated rings. The molecule has 1 aromatic carbocycles. The molecule has 1 aliphatic heterocycles. The number of methoxy groups -OCH3 is 1. The zero-order valence-corrected chi connectivity index (χ0v) is 13.7. The van der Waals surface area contributed by atoms with E-state index >= 15 is 0 Å². The molecule has 1 saturated heterocycles. The van der Waals surface area contributed by atoms with Gasteiger partial charge in [-0.15, -0.1) is 0 Å². The summed E-state index contributed by atoms with van der Waals surface area (Å²) >= 11 is 0. The standard InChI is InChI=1S/C15H22N2O4S/c1-12-3-5-14(6-4-12)22(19,20)16-13-7-9-17(10-8-13)15(18)11-21-2/h3-6,13,16H,7-11H2,1-2H3. The van der Waals surface area contributed by atoms with Gasteiger partial charge in [-0.3, -0.25) is 4.79 Å². The van der Waals surface area contributed by atoms with Crippen molar-refractivity contribution in [3.05, 3.63) is 29.8 Å². The maximum Gasteiger partial charge on any atom is 0.248 e. The summed E-state index contributed by atoms with van der Waals surface area (Å²) in [7, 11) is -2.02. The number of hydrogen-bond donors (Lipinski definition) is 1. The Labute approximate surface area is 131 Å². The molecule has 0 unspecified atom stereocenters. The predicted molar refractivity (Wildman–Crippen MR) is 83.0 cm³/mol. The molecule has 0 saturated carbocycles. The van der Waals surface area contributed by atoms with Crippen LogP contribution in [-0.4, -0.2) is 52.1 Å². The van der Waals surface area contributed by atoms with Crippen LogP contribution in [0.1, 0.15) is 18.4 Å². The van der Waals surface area contributed by atoms with Gasteiger partial charge in [-0.1, -0.05) is 17.7 Å². The number of ether oxygens (including phenoxy) is 1. The Balaban J connectivity index is 1.92. The SMILES string of the molecule is COCC(=O)N1CCC(NS(=O)(=O)c2ccc(C)cc2)CC1. The lowest BCUT2D eigenvalue weighted by atomic mass is 10.1. The van der Waals surface area contributed by atoms with Crippen LogP contribution in [-0.2, 0) is 19.6 Å². The number of carbonyl (C=O) groups excluding carboxylic acids is 1. The highest BCUT2D eigenvalue weighted by Gasteiger charge is 2.26. The Morgan fingerprint density at radius 1 is 1.27 bits per heavy atom. The molecule has 122 valence electrons. The van der Waals surface area contributed by atoms with Gasteiger partial charge in [0, 0.05) is 26.2 Å². The fourth-order valence-corrected chi connectivity index (χ4v) is 3.77. The normalized spacial score (nSPS) is 16.7. The molecule has 1 heterocycles. The second-order valence-corrected chi connectivity index (χ2v) is 7.24. The van der Waals surface area contributed by atoms with Crippen LogP contribution in [0.4, 0.5) is 0 Å². The van der Waals surface area contributed by atoms with E-state index < -0.39 is 10.0 Å². The van der Waals surface area contributed by atoms with Gasteiger partial charge in [-0.25, -0.2) is 13.1 Å². The molecular weight excluding hydrogens is 304 g/mol. The molecule has 1 aromatic rings. The van der Waals surface area contributed by atoms with Gasteiger partial charge in [0.05, 0.1) is 4.90 Å². The van der Waals surface area contributed by atoms with Gasteiger partial charge in [-0.2, -0.15) is 0 Å². The van der Waals surface area contributed by atoms with Crippen molar-refractivity contribution in [2.24, 2.45) is 0 Å². The lowest BCUT2D eigenvalue weighted by Gasteiger charge is -2.32. The fourth-order valence-electron chi connectivity index (χ4n) is 2.47. The molecule has 1 amide bonds. The van der Waals surface area contributed by atoms with Crippen molar-refractivity contribution in [3.8, 4) is 0 Å². The first kappa shape index (κ1) is 16.9. The zero-order chi connectivity index (χ0) is 16.2. The topological polar surface area (TPSA) is 75.7 Å². The van der Waals surface area contributed by atoms with Crippen molar-refractivity contribution in [1.29, 1.82) is 0 Å². The highest BCUT2D eigenvalue weighted by molar-refractivity contribution is 7.89. The monoisotopic (exact) mass is 326 g/mol. The predicted octanol–water partition coefficient (Wildman–Crippen LogP) is 0.911. The maximum absolute atomic E-state index is 12.3. The van der Waals surface area contributed by atoms with Gasteiger partial charge >= 0.3 is 0 Å². The molecule has 1 aliphatic rings. The third-order valence-corrected chi connectivity index (χ3v) is 5.30. The van der Waals surface area contributed by atoms with Crippen LogP contribution in [0.15, 0.2) is 29.2 Å². The number of hydrogen-bond acceptors (Lipinski definition) is 4. The second kappa shape index (κ2) is 7.21. The van der Waals surface area contributed by atoms with Crippen LogP contribution in [0.5, 0.6) is 0 Å². The number of piperidine rings is 1. The van der Waals surface area contributed by atoms with Gasteiger partial charge in [0.2, 0.25) is 15.9 Å². The molecule has 0 bridgehead atoms. The van der Waals surface area contributed by atoms with Crippen LogP contribution < -0.4 is 4.72 Å². The largest absolute Gasteiger partial charge is 0.375 e. The minimum Gasteiger partial charge on any atom is -0.375 e. The summed E-state index contributed by atoms with van der Waals surface area (Å²) in [5, 5.41) is 0. The number of nitrogens with one attached hydrogen (secondary N) is 1. The fraction of sp³-hybridized carbons (Fsp3) is 0.533. The summed E-state index contributed by atoms with van der Waals surface area (Å²) in [4.78, 5) is 13.7. The van der Waals surface area contributed by atoms with Crippen molar-refractivity contribution < 1.29 is 17.9 Å². The van der Waals surface area contributed by atoms with Crippen LogP contribution in [0.2, 0.25) is 0 Å². The van der Waals surface area contributed by atoms with Gasteiger partial charge in [0.25, 0.3) is 0 Å². The minimum absolute atomic E-state index is 0.0534. The van der Waals surface area contributed by atoms with Crippen molar-refractivity contribution in [2.75, 3.05) is 26.8 Å². The van der Waals surface area contributed by atoms with Gasteiger partial charge in [0.15, 0.2) is 0 Å². The second-order valence-electron chi connectivity index (χ2n) is 5.52. The number of likely N-dealkylation sites (tertiary alicyclic amines) is 1. The molecule has 0 aromatic heterocycles. The third kappa shape index (κ3) is 4.28. The van der Waals surface area contributed by atoms with E-state index in [2.05, 4.69) is 4.72 Å². The lowest BCUT2D eigenvalue weighted by Crippen LogP contribution is -2.47. The van der Waals surface area contributed by atoms with E-state index in [0.717, 1.165) is 5.56 Å². The van der Waals surface area contributed by atoms with Gasteiger partial charge < -0.3 is 9.64 Å². The number of rotatable bonds is 5. The Morgan fingerprint density at radius 3 is 2.41 bits per heavy atom. The minimum atomic E-state index is -3.50. The smallest absolute Gasteiger partial charge is 0.248 e. The number of aryl methyl sites for hydroxylation is 1. The molecular formula is C15H22N2O4S. The molecule has 2 rings (SSSR count). The quantitative estimate of drug-likeness (QED) is 0.873. The summed E-state index contributed by atoms with van der Waals surface area (Å²) in [6.07, 6.45) is 1.22. The molecule has 0 spiro atoms.